The van der Waals surface area contributed by atoms with Gasteiger partial charge in [-0.25, -0.2) is 15.0 Å². The minimum Gasteiger partial charge on any atom is -0.490 e. The zero-order valence-corrected chi connectivity index (χ0v) is 17.4. The number of rotatable bonds is 9. The highest BCUT2D eigenvalue weighted by atomic mass is 79.9. The first-order valence-corrected chi connectivity index (χ1v) is 9.58. The maximum Gasteiger partial charge on any atom is 0.321 e. The lowest BCUT2D eigenvalue weighted by atomic mass is 10.3. The molecule has 0 aliphatic carbocycles. The van der Waals surface area contributed by atoms with Crippen LogP contribution in [-0.4, -0.2) is 34.1 Å². The number of aliphatic hydroxyl groups is 1. The Bertz CT molecular complexity index is 821. The molecule has 0 saturated carbocycles. The van der Waals surface area contributed by atoms with Gasteiger partial charge in [0.15, 0.2) is 0 Å². The lowest BCUT2D eigenvalue weighted by molar-refractivity contribution is 0.151. The monoisotopic (exact) mass is 446 g/mol. The number of ether oxygens (including phenoxy) is 2. The third kappa shape index (κ3) is 7.50. The largest absolute Gasteiger partial charge is 0.490 e. The molecule has 0 radical (unpaired) electrons. The van der Waals surface area contributed by atoms with E-state index >= 15 is 0 Å². The van der Waals surface area contributed by atoms with E-state index in [1.165, 1.54) is 0 Å². The molecule has 2 rings (SSSR count). The number of benzene rings is 1. The van der Waals surface area contributed by atoms with Gasteiger partial charge in [0.2, 0.25) is 0 Å². The van der Waals surface area contributed by atoms with E-state index in [1.807, 2.05) is 44.2 Å². The molecule has 0 fully saturated rings. The van der Waals surface area contributed by atoms with E-state index in [4.69, 9.17) is 14.6 Å². The van der Waals surface area contributed by atoms with Gasteiger partial charge in [-0.15, -0.1) is 0 Å². The number of hydrogen-bond acceptors (Lipinski definition) is 6. The molecule has 0 spiro atoms. The summed E-state index contributed by atoms with van der Waals surface area (Å²) in [4.78, 5) is 12.4. The molecule has 0 bridgehead atoms. The Labute approximate surface area is 173 Å². The number of aromatic nitrogens is 2. The van der Waals surface area contributed by atoms with Crippen LogP contribution in [0.15, 0.2) is 70.2 Å². The lowest BCUT2D eigenvalue weighted by Crippen LogP contribution is -2.06. The quantitative estimate of drug-likeness (QED) is 0.252. The molecule has 7 nitrogen and oxygen atoms in total. The van der Waals surface area contributed by atoms with Gasteiger partial charge < -0.3 is 19.9 Å². The normalized spacial score (nSPS) is 12.6. The Balaban J connectivity index is 1.97. The molecule has 2 aromatic rings. The van der Waals surface area contributed by atoms with Crippen molar-refractivity contribution < 1.29 is 14.6 Å². The van der Waals surface area contributed by atoms with Crippen molar-refractivity contribution in [3.63, 3.8) is 0 Å². The van der Waals surface area contributed by atoms with Crippen molar-refractivity contribution in [2.75, 3.05) is 18.5 Å². The van der Waals surface area contributed by atoms with Crippen LogP contribution in [0.25, 0.3) is 0 Å². The Morgan fingerprint density at radius 3 is 2.61 bits per heavy atom. The van der Waals surface area contributed by atoms with Crippen LogP contribution in [0.3, 0.4) is 0 Å². The molecule has 8 heteroatoms. The lowest BCUT2D eigenvalue weighted by Gasteiger charge is -2.09. The number of aliphatic imine (C=N–C) groups is 1. The molecule has 0 atom stereocenters. The number of aliphatic hydroxyl groups excluding tert-OH is 1. The molecule has 2 N–H and O–H groups in total. The molecular weight excluding hydrogens is 424 g/mol. The summed E-state index contributed by atoms with van der Waals surface area (Å²) >= 11 is 3.45. The molecule has 1 heterocycles. The zero-order chi connectivity index (χ0) is 20.2. The van der Waals surface area contributed by atoms with Crippen LogP contribution in [-0.2, 0) is 4.74 Å². The first-order valence-electron chi connectivity index (χ1n) is 8.78. The SMILES string of the molecule is CC/C=C(OCCO)/C(Br)=C\N=C(C)Nc1ccc(Oc2ncccn2)cc1. The zero-order valence-electron chi connectivity index (χ0n) is 15.8. The van der Waals surface area contributed by atoms with Crippen molar-refractivity contribution >= 4 is 27.5 Å². The van der Waals surface area contributed by atoms with Gasteiger partial charge in [-0.1, -0.05) is 6.92 Å². The second kappa shape index (κ2) is 11.9. The van der Waals surface area contributed by atoms with Crippen LogP contribution in [0.1, 0.15) is 20.3 Å². The number of amidine groups is 1. The van der Waals surface area contributed by atoms with Crippen molar-refractivity contribution in [3.05, 3.63) is 65.2 Å². The third-order valence-corrected chi connectivity index (χ3v) is 3.87. The number of halogens is 1. The molecular formula is C20H23BrN4O3. The van der Waals surface area contributed by atoms with E-state index in [0.717, 1.165) is 12.1 Å². The Morgan fingerprint density at radius 2 is 1.96 bits per heavy atom. The molecule has 1 aromatic heterocycles. The minimum atomic E-state index is -0.0404. The average molecular weight is 447 g/mol. The predicted octanol–water partition coefficient (Wildman–Crippen LogP) is 4.64. The predicted molar refractivity (Wildman–Crippen MR) is 114 cm³/mol. The topological polar surface area (TPSA) is 88.9 Å². The van der Waals surface area contributed by atoms with E-state index < -0.39 is 0 Å². The van der Waals surface area contributed by atoms with Crippen LogP contribution in [0.5, 0.6) is 11.8 Å². The van der Waals surface area contributed by atoms with Crippen molar-refractivity contribution in [1.82, 2.24) is 9.97 Å². The summed E-state index contributed by atoms with van der Waals surface area (Å²) in [5, 5.41) is 12.1. The highest BCUT2D eigenvalue weighted by Crippen LogP contribution is 2.21. The summed E-state index contributed by atoms with van der Waals surface area (Å²) in [5.41, 5.74) is 0.868. The fourth-order valence-electron chi connectivity index (χ4n) is 2.07. The van der Waals surface area contributed by atoms with Gasteiger partial charge in [0.05, 0.1) is 11.1 Å². The van der Waals surface area contributed by atoms with Gasteiger partial charge in [-0.05, 0) is 65.7 Å². The molecule has 0 aliphatic heterocycles. The Morgan fingerprint density at radius 1 is 1.25 bits per heavy atom. The second-order valence-electron chi connectivity index (χ2n) is 5.52. The molecule has 0 saturated heterocycles. The number of hydrogen-bond donors (Lipinski definition) is 2. The van der Waals surface area contributed by atoms with E-state index in [2.05, 4.69) is 36.2 Å². The number of anilines is 1. The third-order valence-electron chi connectivity index (χ3n) is 3.28. The van der Waals surface area contributed by atoms with E-state index in [-0.39, 0.29) is 13.2 Å². The smallest absolute Gasteiger partial charge is 0.321 e. The first kappa shape index (κ1) is 21.6. The van der Waals surface area contributed by atoms with Crippen LogP contribution in [0.4, 0.5) is 5.69 Å². The van der Waals surface area contributed by atoms with Gasteiger partial charge in [-0.2, -0.15) is 0 Å². The van der Waals surface area contributed by atoms with Gasteiger partial charge in [-0.3, -0.25) is 0 Å². The molecule has 28 heavy (non-hydrogen) atoms. The maximum atomic E-state index is 8.91. The van der Waals surface area contributed by atoms with Crippen LogP contribution in [0.2, 0.25) is 0 Å². The molecule has 148 valence electrons. The van der Waals surface area contributed by atoms with Crippen molar-refractivity contribution in [1.29, 1.82) is 0 Å². The summed E-state index contributed by atoms with van der Waals surface area (Å²) in [6.07, 6.45) is 7.64. The van der Waals surface area contributed by atoms with Gasteiger partial charge in [0, 0.05) is 24.3 Å². The maximum absolute atomic E-state index is 8.91. The number of allylic oxidation sites excluding steroid dienone is 2. The van der Waals surface area contributed by atoms with Crippen LogP contribution < -0.4 is 10.1 Å². The molecule has 0 aliphatic rings. The number of nitrogens with one attached hydrogen (secondary N) is 1. The molecule has 0 unspecified atom stereocenters. The van der Waals surface area contributed by atoms with E-state index in [9.17, 15) is 0 Å². The summed E-state index contributed by atoms with van der Waals surface area (Å²) < 4.78 is 11.8. The highest BCUT2D eigenvalue weighted by molar-refractivity contribution is 9.11. The number of nitrogens with zero attached hydrogens (tertiary/aromatic N) is 3. The summed E-state index contributed by atoms with van der Waals surface area (Å²) in [5.74, 6) is 2.00. The molecule has 1 aromatic carbocycles. The second-order valence-corrected chi connectivity index (χ2v) is 6.38. The highest BCUT2D eigenvalue weighted by Gasteiger charge is 2.03. The Kier molecular flexibility index (Phi) is 9.17. The fraction of sp³-hybridized carbons (Fsp3) is 0.250. The summed E-state index contributed by atoms with van der Waals surface area (Å²) in [6, 6.07) is 9.43. The van der Waals surface area contributed by atoms with Crippen LogP contribution >= 0.6 is 15.9 Å². The van der Waals surface area contributed by atoms with E-state index in [0.29, 0.717) is 27.8 Å². The first-order chi connectivity index (χ1) is 13.6. The standard InChI is InChI=1S/C20H23BrN4O3/c1-3-5-19(27-13-12-26)18(21)14-24-15(2)25-16-6-8-17(9-7-16)28-20-22-10-4-11-23-20/h4-11,14,26H,3,12-13H2,1-2H3,(H,24,25)/b18-14+,19-5-. The van der Waals surface area contributed by atoms with E-state index in [1.54, 1.807) is 24.7 Å². The average Bonchev–Trinajstić information content (AvgIpc) is 2.71. The Hall–Kier alpha value is -2.71. The van der Waals surface area contributed by atoms with Gasteiger partial charge >= 0.3 is 6.01 Å². The van der Waals surface area contributed by atoms with Crippen LogP contribution in [0, 0.1) is 0 Å². The summed E-state index contributed by atoms with van der Waals surface area (Å²) in [7, 11) is 0. The summed E-state index contributed by atoms with van der Waals surface area (Å²) in [6.45, 7) is 4.06. The van der Waals surface area contributed by atoms with Crippen molar-refractivity contribution in [2.24, 2.45) is 4.99 Å². The van der Waals surface area contributed by atoms with Gasteiger partial charge in [0.25, 0.3) is 0 Å². The molecule has 0 amide bonds. The fourth-order valence-corrected chi connectivity index (χ4v) is 2.45. The van der Waals surface area contributed by atoms with Gasteiger partial charge in [0.1, 0.15) is 24.0 Å². The van der Waals surface area contributed by atoms with Crippen molar-refractivity contribution in [3.8, 4) is 11.8 Å². The van der Waals surface area contributed by atoms with Crippen molar-refractivity contribution in [2.45, 2.75) is 20.3 Å². The minimum absolute atomic E-state index is 0.0404.